The summed E-state index contributed by atoms with van der Waals surface area (Å²) in [6.45, 7) is 3.90. The molecule has 0 rings (SSSR count). The van der Waals surface area contributed by atoms with Crippen LogP contribution in [0.25, 0.3) is 0 Å². The highest BCUT2D eigenvalue weighted by molar-refractivity contribution is 6.01. The van der Waals surface area contributed by atoms with Crippen LogP contribution in [0.2, 0.25) is 0 Å². The van der Waals surface area contributed by atoms with Crippen LogP contribution in [-0.2, 0) is 14.3 Å². The van der Waals surface area contributed by atoms with Gasteiger partial charge in [0.25, 0.3) is 0 Å². The van der Waals surface area contributed by atoms with E-state index in [9.17, 15) is 9.59 Å². The van der Waals surface area contributed by atoms with E-state index < -0.39 is 12.0 Å². The van der Waals surface area contributed by atoms with Gasteiger partial charge in [-0.05, 0) is 13.3 Å². The predicted octanol–water partition coefficient (Wildman–Crippen LogP) is 3.37. The van der Waals surface area contributed by atoms with Crippen molar-refractivity contribution in [1.82, 2.24) is 0 Å². The van der Waals surface area contributed by atoms with Crippen LogP contribution in [0.4, 0.5) is 0 Å². The van der Waals surface area contributed by atoms with Gasteiger partial charge in [-0.1, -0.05) is 64.7 Å². The lowest BCUT2D eigenvalue weighted by atomic mass is 10.1. The van der Waals surface area contributed by atoms with E-state index in [0.29, 0.717) is 6.61 Å². The zero-order chi connectivity index (χ0) is 15.2. The van der Waals surface area contributed by atoms with Crippen molar-refractivity contribution in [2.75, 3.05) is 6.61 Å². The van der Waals surface area contributed by atoms with Crippen molar-refractivity contribution < 1.29 is 14.3 Å². The predicted molar refractivity (Wildman–Crippen MR) is 81.5 cm³/mol. The number of hydrogen-bond acceptors (Lipinski definition) is 4. The maximum atomic E-state index is 11.3. The van der Waals surface area contributed by atoms with E-state index in [1.807, 2.05) is 0 Å². The Bertz CT molecular complexity index is 266. The van der Waals surface area contributed by atoms with Gasteiger partial charge in [0.1, 0.15) is 0 Å². The largest absolute Gasteiger partial charge is 0.464 e. The molecule has 0 aromatic rings. The Morgan fingerprint density at radius 3 is 1.80 bits per heavy atom. The Morgan fingerprint density at radius 1 is 0.900 bits per heavy atom. The minimum Gasteiger partial charge on any atom is -0.464 e. The number of carbonyl (C=O) groups is 2. The molecule has 0 aromatic carbocycles. The molecule has 0 aliphatic rings. The molecule has 0 aromatic heterocycles. The minimum atomic E-state index is -1.11. The van der Waals surface area contributed by atoms with E-state index in [1.54, 1.807) is 0 Å². The molecule has 0 saturated carbocycles. The fraction of sp³-hybridized carbons (Fsp3) is 0.875. The molecule has 1 unspecified atom stereocenters. The van der Waals surface area contributed by atoms with Gasteiger partial charge in [0.2, 0.25) is 0 Å². The van der Waals surface area contributed by atoms with Gasteiger partial charge in [0, 0.05) is 0 Å². The molecule has 1 atom stereocenters. The number of ketones is 1. The van der Waals surface area contributed by atoms with Gasteiger partial charge in [-0.15, -0.1) is 0 Å². The minimum absolute atomic E-state index is 0.349. The van der Waals surface area contributed by atoms with Crippen LogP contribution in [-0.4, -0.2) is 24.4 Å². The highest BCUT2D eigenvalue weighted by Crippen LogP contribution is 2.10. The van der Waals surface area contributed by atoms with Gasteiger partial charge in [0.15, 0.2) is 11.8 Å². The zero-order valence-electron chi connectivity index (χ0n) is 13.2. The number of nitrogens with two attached hydrogens (primary N) is 1. The molecule has 0 heterocycles. The van der Waals surface area contributed by atoms with E-state index in [4.69, 9.17) is 10.5 Å². The molecule has 4 heteroatoms. The first-order valence-electron chi connectivity index (χ1n) is 8.02. The highest BCUT2D eigenvalue weighted by Gasteiger charge is 2.19. The van der Waals surface area contributed by atoms with Crippen molar-refractivity contribution in [2.24, 2.45) is 5.73 Å². The summed E-state index contributed by atoms with van der Waals surface area (Å²) in [4.78, 5) is 22.1. The summed E-state index contributed by atoms with van der Waals surface area (Å²) in [6, 6.07) is -1.11. The SMILES string of the molecule is CCCCCCCCCCCCOC(=O)C(N)C(C)=O. The van der Waals surface area contributed by atoms with E-state index in [0.717, 1.165) is 12.8 Å². The third-order valence-corrected chi connectivity index (χ3v) is 3.43. The Labute approximate surface area is 123 Å². The van der Waals surface area contributed by atoms with Crippen molar-refractivity contribution in [2.45, 2.75) is 84.1 Å². The van der Waals surface area contributed by atoms with E-state index in [2.05, 4.69) is 6.92 Å². The Morgan fingerprint density at radius 2 is 1.35 bits per heavy atom. The van der Waals surface area contributed by atoms with Crippen molar-refractivity contribution in [1.29, 1.82) is 0 Å². The average molecular weight is 285 g/mol. The molecule has 118 valence electrons. The third kappa shape index (κ3) is 11.0. The molecule has 0 bridgehead atoms. The van der Waals surface area contributed by atoms with Crippen LogP contribution in [0.15, 0.2) is 0 Å². The maximum Gasteiger partial charge on any atom is 0.330 e. The van der Waals surface area contributed by atoms with E-state index >= 15 is 0 Å². The first-order chi connectivity index (χ1) is 9.59. The van der Waals surface area contributed by atoms with Crippen LogP contribution in [0.1, 0.15) is 78.1 Å². The fourth-order valence-electron chi connectivity index (χ4n) is 2.02. The van der Waals surface area contributed by atoms with Crippen LogP contribution in [0, 0.1) is 0 Å². The summed E-state index contributed by atoms with van der Waals surface area (Å²) in [7, 11) is 0. The summed E-state index contributed by atoms with van der Waals surface area (Å²) in [5.74, 6) is -0.952. The van der Waals surface area contributed by atoms with Gasteiger partial charge in [-0.3, -0.25) is 4.79 Å². The Kier molecular flexibility index (Phi) is 12.5. The quantitative estimate of drug-likeness (QED) is 0.320. The van der Waals surface area contributed by atoms with E-state index in [1.165, 1.54) is 58.3 Å². The smallest absolute Gasteiger partial charge is 0.330 e. The molecule has 0 saturated heterocycles. The van der Waals surface area contributed by atoms with E-state index in [-0.39, 0.29) is 5.78 Å². The van der Waals surface area contributed by atoms with Gasteiger partial charge in [-0.25, -0.2) is 4.79 Å². The van der Waals surface area contributed by atoms with Gasteiger partial charge >= 0.3 is 5.97 Å². The lowest BCUT2D eigenvalue weighted by molar-refractivity contribution is -0.147. The second-order valence-electron chi connectivity index (χ2n) is 5.44. The lowest BCUT2D eigenvalue weighted by Crippen LogP contribution is -2.38. The summed E-state index contributed by atoms with van der Waals surface area (Å²) in [5.41, 5.74) is 5.37. The number of hydrogen-bond donors (Lipinski definition) is 1. The highest BCUT2D eigenvalue weighted by atomic mass is 16.5. The second-order valence-corrected chi connectivity index (χ2v) is 5.44. The monoisotopic (exact) mass is 285 g/mol. The molecule has 0 spiro atoms. The molecule has 4 nitrogen and oxygen atoms in total. The first kappa shape index (κ1) is 19.1. The zero-order valence-corrected chi connectivity index (χ0v) is 13.2. The topological polar surface area (TPSA) is 69.4 Å². The maximum absolute atomic E-state index is 11.3. The fourth-order valence-corrected chi connectivity index (χ4v) is 2.02. The van der Waals surface area contributed by atoms with Crippen LogP contribution in [0.5, 0.6) is 0 Å². The van der Waals surface area contributed by atoms with Gasteiger partial charge in [-0.2, -0.15) is 0 Å². The van der Waals surface area contributed by atoms with Crippen LogP contribution in [0.3, 0.4) is 0 Å². The van der Waals surface area contributed by atoms with Crippen molar-refractivity contribution >= 4 is 11.8 Å². The molecule has 0 aliphatic carbocycles. The molecule has 0 radical (unpaired) electrons. The molecule has 2 N–H and O–H groups in total. The Hall–Kier alpha value is -0.900. The molecule has 0 fully saturated rings. The standard InChI is InChI=1S/C16H31NO3/c1-3-4-5-6-7-8-9-10-11-12-13-20-16(19)15(17)14(2)18/h15H,3-13,17H2,1-2H3. The van der Waals surface area contributed by atoms with Gasteiger partial charge < -0.3 is 10.5 Å². The molecule has 0 amide bonds. The molecule has 20 heavy (non-hydrogen) atoms. The lowest BCUT2D eigenvalue weighted by Gasteiger charge is -2.08. The molecule has 0 aliphatic heterocycles. The molecular weight excluding hydrogens is 254 g/mol. The first-order valence-corrected chi connectivity index (χ1v) is 8.02. The number of ether oxygens (including phenoxy) is 1. The Balaban J connectivity index is 3.24. The summed E-state index contributed by atoms with van der Waals surface area (Å²) >= 11 is 0. The van der Waals surface area contributed by atoms with Crippen molar-refractivity contribution in [3.8, 4) is 0 Å². The summed E-state index contributed by atoms with van der Waals surface area (Å²) in [6.07, 6.45) is 12.4. The van der Waals surface area contributed by atoms with Crippen LogP contribution >= 0.6 is 0 Å². The normalized spacial score (nSPS) is 12.2. The van der Waals surface area contributed by atoms with Gasteiger partial charge in [0.05, 0.1) is 6.61 Å². The van der Waals surface area contributed by atoms with Crippen molar-refractivity contribution in [3.05, 3.63) is 0 Å². The average Bonchev–Trinajstić information content (AvgIpc) is 2.43. The summed E-state index contributed by atoms with van der Waals surface area (Å²) < 4.78 is 4.95. The number of esters is 1. The van der Waals surface area contributed by atoms with Crippen molar-refractivity contribution in [3.63, 3.8) is 0 Å². The number of unbranched alkanes of at least 4 members (excludes halogenated alkanes) is 9. The number of carbonyl (C=O) groups excluding carboxylic acids is 2. The number of Topliss-reactive ketones (excluding diaryl/α,β-unsaturated/α-hetero) is 1. The molecular formula is C16H31NO3. The van der Waals surface area contributed by atoms with Crippen LogP contribution < -0.4 is 5.73 Å². The second kappa shape index (κ2) is 13.1. The third-order valence-electron chi connectivity index (χ3n) is 3.43. The summed E-state index contributed by atoms with van der Waals surface area (Å²) in [5, 5.41) is 0. The number of rotatable bonds is 13.